The van der Waals surface area contributed by atoms with Crippen molar-refractivity contribution in [2.45, 2.75) is 12.1 Å². The second kappa shape index (κ2) is 8.24. The molecule has 3 aromatic rings. The van der Waals surface area contributed by atoms with Gasteiger partial charge in [0.15, 0.2) is 5.78 Å². The van der Waals surface area contributed by atoms with Crippen LogP contribution in [0, 0.1) is 33.3 Å². The number of hydrogen-bond acceptors (Lipinski definition) is 7. The van der Waals surface area contributed by atoms with Gasteiger partial charge in [0, 0.05) is 23.9 Å². The fourth-order valence-corrected chi connectivity index (χ4v) is 5.63. The SMILES string of the molecule is N#CC1=C[C@@H]2[C@@H]3C(=O)N(c4ccc5ccccc5c4)C(=O)[C@@H]3[C@@H](C(=O)c3cccc([N+](=O)[O-])c3)N2C=C1. The van der Waals surface area contributed by atoms with Crippen molar-refractivity contribution in [2.24, 2.45) is 11.8 Å². The van der Waals surface area contributed by atoms with Crippen molar-refractivity contribution >= 4 is 39.7 Å². The highest BCUT2D eigenvalue weighted by atomic mass is 16.6. The van der Waals surface area contributed by atoms with Gasteiger partial charge in [-0.1, -0.05) is 42.5 Å². The highest BCUT2D eigenvalue weighted by molar-refractivity contribution is 6.25. The average Bonchev–Trinajstić information content (AvgIpc) is 3.39. The number of ketones is 1. The van der Waals surface area contributed by atoms with Crippen molar-refractivity contribution in [3.63, 3.8) is 0 Å². The van der Waals surface area contributed by atoms with E-state index < -0.39 is 46.4 Å². The van der Waals surface area contributed by atoms with Crippen LogP contribution in [0.4, 0.5) is 11.4 Å². The smallest absolute Gasteiger partial charge is 0.270 e. The first-order chi connectivity index (χ1) is 17.9. The van der Waals surface area contributed by atoms with Gasteiger partial charge in [-0.3, -0.25) is 24.5 Å². The van der Waals surface area contributed by atoms with Gasteiger partial charge in [0.25, 0.3) is 5.69 Å². The number of anilines is 1. The number of fused-ring (bicyclic) bond motifs is 4. The first-order valence-corrected chi connectivity index (χ1v) is 11.6. The van der Waals surface area contributed by atoms with E-state index in [2.05, 4.69) is 6.07 Å². The van der Waals surface area contributed by atoms with Crippen LogP contribution in [-0.2, 0) is 9.59 Å². The molecule has 9 heteroatoms. The number of rotatable bonds is 4. The summed E-state index contributed by atoms with van der Waals surface area (Å²) >= 11 is 0. The van der Waals surface area contributed by atoms with Crippen LogP contribution in [0.5, 0.6) is 0 Å². The van der Waals surface area contributed by atoms with E-state index in [0.29, 0.717) is 11.3 Å². The average molecular weight is 490 g/mol. The molecular weight excluding hydrogens is 472 g/mol. The molecule has 9 nitrogen and oxygen atoms in total. The first kappa shape index (κ1) is 22.4. The fraction of sp³-hybridized carbons (Fsp3) is 0.143. The molecule has 0 radical (unpaired) electrons. The summed E-state index contributed by atoms with van der Waals surface area (Å²) in [7, 11) is 0. The van der Waals surface area contributed by atoms with Crippen molar-refractivity contribution in [2.75, 3.05) is 4.90 Å². The largest absolute Gasteiger partial charge is 0.359 e. The molecule has 0 aliphatic carbocycles. The number of hydrogen-bond donors (Lipinski definition) is 0. The number of carbonyl (C=O) groups excluding carboxylic acids is 3. The summed E-state index contributed by atoms with van der Waals surface area (Å²) in [5.41, 5.74) is 0.566. The number of imide groups is 1. The molecule has 0 bridgehead atoms. The van der Waals surface area contributed by atoms with Crippen molar-refractivity contribution in [1.82, 2.24) is 4.90 Å². The van der Waals surface area contributed by atoms with Crippen molar-refractivity contribution in [3.05, 3.63) is 106 Å². The molecule has 6 rings (SSSR count). The fourth-order valence-electron chi connectivity index (χ4n) is 5.63. The Morgan fingerprint density at radius 1 is 0.946 bits per heavy atom. The molecule has 0 unspecified atom stereocenters. The molecule has 2 fully saturated rings. The summed E-state index contributed by atoms with van der Waals surface area (Å²) in [6.07, 6.45) is 4.69. The van der Waals surface area contributed by atoms with Crippen LogP contribution >= 0.6 is 0 Å². The molecule has 2 amide bonds. The van der Waals surface area contributed by atoms with E-state index in [1.54, 1.807) is 29.3 Å². The number of allylic oxidation sites excluding steroid dienone is 2. The minimum Gasteiger partial charge on any atom is -0.359 e. The maximum atomic E-state index is 13.9. The Kier molecular flexibility index (Phi) is 4.98. The highest BCUT2D eigenvalue weighted by Crippen LogP contribution is 2.47. The Morgan fingerprint density at radius 2 is 1.70 bits per heavy atom. The number of carbonyl (C=O) groups is 3. The molecule has 0 saturated carbocycles. The zero-order chi connectivity index (χ0) is 25.8. The van der Waals surface area contributed by atoms with Gasteiger partial charge in [-0.05, 0) is 35.1 Å². The van der Waals surface area contributed by atoms with Gasteiger partial charge in [-0.15, -0.1) is 0 Å². The highest BCUT2D eigenvalue weighted by Gasteiger charge is 2.63. The lowest BCUT2D eigenvalue weighted by Crippen LogP contribution is -2.46. The molecule has 2 saturated heterocycles. The van der Waals surface area contributed by atoms with E-state index in [1.165, 1.54) is 30.3 Å². The third kappa shape index (κ3) is 3.34. The summed E-state index contributed by atoms with van der Waals surface area (Å²) in [4.78, 5) is 54.9. The predicted molar refractivity (Wildman–Crippen MR) is 133 cm³/mol. The number of amides is 2. The lowest BCUT2D eigenvalue weighted by molar-refractivity contribution is -0.384. The normalized spacial score (nSPS) is 24.0. The van der Waals surface area contributed by atoms with E-state index in [1.807, 2.05) is 30.3 Å². The van der Waals surface area contributed by atoms with Gasteiger partial charge in [-0.25, -0.2) is 4.90 Å². The van der Waals surface area contributed by atoms with Crippen LogP contribution in [-0.4, -0.2) is 39.5 Å². The molecule has 0 N–H and O–H groups in total. The Morgan fingerprint density at radius 3 is 2.46 bits per heavy atom. The molecule has 4 atom stereocenters. The Balaban J connectivity index is 1.45. The Labute approximate surface area is 210 Å². The summed E-state index contributed by atoms with van der Waals surface area (Å²) < 4.78 is 0. The Bertz CT molecular complexity index is 1630. The number of Topliss-reactive ketones (excluding diaryl/α,β-unsaturated/α-hetero) is 1. The second-order valence-corrected chi connectivity index (χ2v) is 9.20. The van der Waals surface area contributed by atoms with Crippen LogP contribution < -0.4 is 4.90 Å². The van der Waals surface area contributed by atoms with Crippen LogP contribution in [0.1, 0.15) is 10.4 Å². The Hall–Kier alpha value is -5.10. The van der Waals surface area contributed by atoms with Gasteiger partial charge in [0.1, 0.15) is 6.04 Å². The van der Waals surface area contributed by atoms with Crippen LogP contribution in [0.2, 0.25) is 0 Å². The number of nitriles is 1. The van der Waals surface area contributed by atoms with Crippen molar-refractivity contribution in [1.29, 1.82) is 5.26 Å². The van der Waals surface area contributed by atoms with E-state index in [0.717, 1.165) is 15.7 Å². The van der Waals surface area contributed by atoms with Crippen molar-refractivity contribution in [3.8, 4) is 6.07 Å². The lowest BCUT2D eigenvalue weighted by atomic mass is 9.86. The summed E-state index contributed by atoms with van der Waals surface area (Å²) in [6.45, 7) is 0. The van der Waals surface area contributed by atoms with Crippen LogP contribution in [0.3, 0.4) is 0 Å². The molecule has 0 spiro atoms. The van der Waals surface area contributed by atoms with Crippen LogP contribution in [0.25, 0.3) is 10.8 Å². The maximum absolute atomic E-state index is 13.9. The quantitative estimate of drug-likeness (QED) is 0.236. The van der Waals surface area contributed by atoms with Gasteiger partial charge >= 0.3 is 0 Å². The topological polar surface area (TPSA) is 125 Å². The minimum absolute atomic E-state index is 0.0754. The number of non-ortho nitro benzene ring substituents is 1. The van der Waals surface area contributed by atoms with Crippen molar-refractivity contribution < 1.29 is 19.3 Å². The van der Waals surface area contributed by atoms with E-state index in [-0.39, 0.29) is 11.3 Å². The van der Waals surface area contributed by atoms with E-state index in [9.17, 15) is 29.8 Å². The summed E-state index contributed by atoms with van der Waals surface area (Å²) in [6, 6.07) is 18.5. The molecular formula is C28H18N4O5. The molecule has 0 aromatic heterocycles. The first-order valence-electron chi connectivity index (χ1n) is 11.6. The van der Waals surface area contributed by atoms with Gasteiger partial charge in [0.05, 0.1) is 40.1 Å². The molecule has 3 aliphatic rings. The molecule has 3 heterocycles. The standard InChI is InChI=1S/C28H18N4O5/c29-15-16-10-11-30-22(12-16)23-24(25(30)26(33)19-6-3-7-21(14-19)32(36)37)28(35)31(27(23)34)20-9-8-17-4-1-2-5-18(17)13-20/h1-14,22-25H/t22-,23+,24+,25+/m1/s1. The van der Waals surface area contributed by atoms with Crippen LogP contribution in [0.15, 0.2) is 90.7 Å². The summed E-state index contributed by atoms with van der Waals surface area (Å²) in [5, 5.41) is 22.6. The molecule has 3 aromatic carbocycles. The molecule has 3 aliphatic heterocycles. The monoisotopic (exact) mass is 490 g/mol. The predicted octanol–water partition coefficient (Wildman–Crippen LogP) is 3.77. The number of nitrogens with zero attached hydrogens (tertiary/aromatic N) is 4. The lowest BCUT2D eigenvalue weighted by Gasteiger charge is -2.32. The third-order valence-electron chi connectivity index (χ3n) is 7.28. The molecule has 180 valence electrons. The van der Waals surface area contributed by atoms with E-state index >= 15 is 0 Å². The number of nitro benzene ring substituents is 1. The number of benzene rings is 3. The number of nitro groups is 1. The molecule has 37 heavy (non-hydrogen) atoms. The van der Waals surface area contributed by atoms with E-state index in [4.69, 9.17) is 0 Å². The van der Waals surface area contributed by atoms with Gasteiger partial charge < -0.3 is 4.90 Å². The third-order valence-corrected chi connectivity index (χ3v) is 7.28. The zero-order valence-corrected chi connectivity index (χ0v) is 19.2. The summed E-state index contributed by atoms with van der Waals surface area (Å²) in [5.74, 6) is -3.36. The zero-order valence-electron chi connectivity index (χ0n) is 19.2. The second-order valence-electron chi connectivity index (χ2n) is 9.20. The maximum Gasteiger partial charge on any atom is 0.270 e. The van der Waals surface area contributed by atoms with Gasteiger partial charge in [0.2, 0.25) is 11.8 Å². The van der Waals surface area contributed by atoms with Gasteiger partial charge in [-0.2, -0.15) is 5.26 Å². The minimum atomic E-state index is -1.06.